The molecule has 1 aromatic heterocycles. The second-order valence-electron chi connectivity index (χ2n) is 3.47. The first-order chi connectivity index (χ1) is 6.65. The van der Waals surface area contributed by atoms with Crippen molar-refractivity contribution >= 4 is 27.3 Å². The van der Waals surface area contributed by atoms with E-state index < -0.39 is 0 Å². The topological polar surface area (TPSA) is 35.2 Å². The second-order valence-corrected chi connectivity index (χ2v) is 5.76. The Bertz CT molecular complexity index is 277. The molecule has 0 amide bonds. The Labute approximate surface area is 97.6 Å². The van der Waals surface area contributed by atoms with Crippen molar-refractivity contribution in [2.24, 2.45) is 11.7 Å². The van der Waals surface area contributed by atoms with Gasteiger partial charge in [0.2, 0.25) is 0 Å². The summed E-state index contributed by atoms with van der Waals surface area (Å²) in [5.74, 6) is 0.455. The zero-order valence-electron chi connectivity index (χ0n) is 8.50. The van der Waals surface area contributed by atoms with Gasteiger partial charge in [0.05, 0.1) is 3.79 Å². The molecule has 2 atom stereocenters. The van der Waals surface area contributed by atoms with E-state index >= 15 is 0 Å². The zero-order chi connectivity index (χ0) is 10.6. The van der Waals surface area contributed by atoms with Crippen LogP contribution >= 0.6 is 27.3 Å². The first-order valence-corrected chi connectivity index (χ1v) is 6.31. The van der Waals surface area contributed by atoms with Gasteiger partial charge in [0.15, 0.2) is 0 Å². The van der Waals surface area contributed by atoms with Gasteiger partial charge in [0.25, 0.3) is 0 Å². The number of nitrogens with two attached hydrogens (primary N) is 1. The van der Waals surface area contributed by atoms with Gasteiger partial charge in [-0.25, -0.2) is 0 Å². The summed E-state index contributed by atoms with van der Waals surface area (Å²) < 4.78 is 6.18. The molecule has 2 unspecified atom stereocenters. The van der Waals surface area contributed by atoms with Crippen LogP contribution < -0.4 is 5.73 Å². The minimum Gasteiger partial charge on any atom is -0.385 e. The minimum atomic E-state index is 0.118. The molecule has 0 fully saturated rings. The SMILES string of the molecule is COCCC(C)C(N)c1csc(Br)c1. The molecular weight excluding hydrogens is 262 g/mol. The lowest BCUT2D eigenvalue weighted by Gasteiger charge is -2.18. The highest BCUT2D eigenvalue weighted by molar-refractivity contribution is 9.11. The lowest BCUT2D eigenvalue weighted by atomic mass is 9.95. The van der Waals surface area contributed by atoms with Crippen molar-refractivity contribution in [3.63, 3.8) is 0 Å². The van der Waals surface area contributed by atoms with Crippen LogP contribution in [0, 0.1) is 5.92 Å². The predicted octanol–water partition coefficient (Wildman–Crippen LogP) is 3.18. The van der Waals surface area contributed by atoms with Crippen LogP contribution in [0.2, 0.25) is 0 Å². The quantitative estimate of drug-likeness (QED) is 0.897. The lowest BCUT2D eigenvalue weighted by Crippen LogP contribution is -2.19. The van der Waals surface area contributed by atoms with E-state index in [9.17, 15) is 0 Å². The van der Waals surface area contributed by atoms with Crippen LogP contribution in [0.25, 0.3) is 0 Å². The van der Waals surface area contributed by atoms with Crippen molar-refractivity contribution in [1.82, 2.24) is 0 Å². The van der Waals surface area contributed by atoms with Crippen molar-refractivity contribution < 1.29 is 4.74 Å². The van der Waals surface area contributed by atoms with Gasteiger partial charge in [0, 0.05) is 19.8 Å². The van der Waals surface area contributed by atoms with E-state index in [2.05, 4.69) is 34.3 Å². The Morgan fingerprint density at radius 2 is 2.36 bits per heavy atom. The van der Waals surface area contributed by atoms with Crippen LogP contribution in [-0.2, 0) is 4.74 Å². The van der Waals surface area contributed by atoms with Crippen molar-refractivity contribution in [3.05, 3.63) is 20.8 Å². The van der Waals surface area contributed by atoms with Gasteiger partial charge >= 0.3 is 0 Å². The molecule has 0 bridgehead atoms. The standard InChI is InChI=1S/C10H16BrNOS/c1-7(3-4-13-2)10(12)8-5-9(11)14-6-8/h5-7,10H,3-4,12H2,1-2H3. The van der Waals surface area contributed by atoms with Crippen LogP contribution in [0.4, 0.5) is 0 Å². The van der Waals surface area contributed by atoms with Gasteiger partial charge in [-0.3, -0.25) is 0 Å². The molecule has 14 heavy (non-hydrogen) atoms. The summed E-state index contributed by atoms with van der Waals surface area (Å²) in [7, 11) is 1.72. The predicted molar refractivity (Wildman–Crippen MR) is 64.6 cm³/mol. The largest absolute Gasteiger partial charge is 0.385 e. The van der Waals surface area contributed by atoms with Crippen LogP contribution in [0.1, 0.15) is 24.9 Å². The summed E-state index contributed by atoms with van der Waals surface area (Å²) in [6.45, 7) is 2.94. The van der Waals surface area contributed by atoms with Crippen LogP contribution in [0.3, 0.4) is 0 Å². The van der Waals surface area contributed by atoms with Crippen LogP contribution in [-0.4, -0.2) is 13.7 Å². The summed E-state index contributed by atoms with van der Waals surface area (Å²) in [5, 5.41) is 2.11. The number of methoxy groups -OCH3 is 1. The van der Waals surface area contributed by atoms with Crippen LogP contribution in [0.15, 0.2) is 15.2 Å². The zero-order valence-corrected chi connectivity index (χ0v) is 10.9. The summed E-state index contributed by atoms with van der Waals surface area (Å²) in [6.07, 6.45) is 1.01. The maximum absolute atomic E-state index is 6.12. The molecule has 0 aliphatic rings. The Kier molecular flexibility index (Phi) is 5.09. The maximum Gasteiger partial charge on any atom is 0.0701 e. The van der Waals surface area contributed by atoms with E-state index in [1.165, 1.54) is 5.56 Å². The van der Waals surface area contributed by atoms with Crippen molar-refractivity contribution in [3.8, 4) is 0 Å². The maximum atomic E-state index is 6.12. The number of thiophene rings is 1. The molecule has 0 aromatic carbocycles. The van der Waals surface area contributed by atoms with Gasteiger partial charge in [-0.05, 0) is 45.3 Å². The first kappa shape index (κ1) is 12.2. The molecule has 4 heteroatoms. The molecule has 0 aliphatic carbocycles. The number of rotatable bonds is 5. The molecule has 0 radical (unpaired) electrons. The van der Waals surface area contributed by atoms with Crippen molar-refractivity contribution in [2.75, 3.05) is 13.7 Å². The van der Waals surface area contributed by atoms with Gasteiger partial charge in [-0.15, -0.1) is 11.3 Å². The van der Waals surface area contributed by atoms with Gasteiger partial charge in [-0.1, -0.05) is 6.92 Å². The summed E-state index contributed by atoms with van der Waals surface area (Å²) >= 11 is 5.12. The molecule has 1 heterocycles. The molecule has 1 aromatic rings. The molecule has 80 valence electrons. The van der Waals surface area contributed by atoms with Crippen LogP contribution in [0.5, 0.6) is 0 Å². The summed E-state index contributed by atoms with van der Waals surface area (Å²) in [5.41, 5.74) is 7.34. The van der Waals surface area contributed by atoms with E-state index in [1.54, 1.807) is 18.4 Å². The highest BCUT2D eigenvalue weighted by Crippen LogP contribution is 2.28. The Morgan fingerprint density at radius 3 is 2.86 bits per heavy atom. The number of ether oxygens (including phenoxy) is 1. The highest BCUT2D eigenvalue weighted by atomic mass is 79.9. The second kappa shape index (κ2) is 5.85. The molecule has 1 rings (SSSR count). The Balaban J connectivity index is 2.51. The van der Waals surface area contributed by atoms with E-state index in [4.69, 9.17) is 10.5 Å². The van der Waals surface area contributed by atoms with E-state index in [1.807, 2.05) is 0 Å². The van der Waals surface area contributed by atoms with Crippen molar-refractivity contribution in [1.29, 1.82) is 0 Å². The minimum absolute atomic E-state index is 0.118. The van der Waals surface area contributed by atoms with Gasteiger partial charge < -0.3 is 10.5 Å². The number of halogens is 1. The number of hydrogen-bond acceptors (Lipinski definition) is 3. The molecule has 2 N–H and O–H groups in total. The summed E-state index contributed by atoms with van der Waals surface area (Å²) in [6, 6.07) is 2.21. The fraction of sp³-hybridized carbons (Fsp3) is 0.600. The molecule has 2 nitrogen and oxygen atoms in total. The monoisotopic (exact) mass is 277 g/mol. The Hall–Kier alpha value is 0.100. The normalized spacial score (nSPS) is 15.4. The third-order valence-electron chi connectivity index (χ3n) is 2.36. The van der Waals surface area contributed by atoms with Crippen molar-refractivity contribution in [2.45, 2.75) is 19.4 Å². The average molecular weight is 278 g/mol. The third-order valence-corrected chi connectivity index (χ3v) is 3.89. The number of hydrogen-bond donors (Lipinski definition) is 1. The highest BCUT2D eigenvalue weighted by Gasteiger charge is 2.15. The Morgan fingerprint density at radius 1 is 1.64 bits per heavy atom. The van der Waals surface area contributed by atoms with E-state index in [-0.39, 0.29) is 6.04 Å². The lowest BCUT2D eigenvalue weighted by molar-refractivity contribution is 0.174. The van der Waals surface area contributed by atoms with E-state index in [0.717, 1.165) is 16.8 Å². The van der Waals surface area contributed by atoms with Gasteiger partial charge in [0.1, 0.15) is 0 Å². The summed E-state index contributed by atoms with van der Waals surface area (Å²) in [4.78, 5) is 0. The molecule has 0 spiro atoms. The molecular formula is C10H16BrNOS. The van der Waals surface area contributed by atoms with Gasteiger partial charge in [-0.2, -0.15) is 0 Å². The molecule has 0 saturated heterocycles. The first-order valence-electron chi connectivity index (χ1n) is 4.63. The molecule has 0 saturated carbocycles. The fourth-order valence-corrected chi connectivity index (χ4v) is 2.53. The average Bonchev–Trinajstić information content (AvgIpc) is 2.60. The van der Waals surface area contributed by atoms with E-state index in [0.29, 0.717) is 5.92 Å². The fourth-order valence-electron chi connectivity index (χ4n) is 1.31. The smallest absolute Gasteiger partial charge is 0.0701 e. The third kappa shape index (κ3) is 3.35. The molecule has 0 aliphatic heterocycles.